The molecule has 0 atom stereocenters. The molecule has 0 radical (unpaired) electrons. The second-order valence-electron chi connectivity index (χ2n) is 5.14. The normalized spacial score (nSPS) is 16.2. The van der Waals surface area contributed by atoms with Gasteiger partial charge in [-0.25, -0.2) is 0 Å². The van der Waals surface area contributed by atoms with E-state index in [0.717, 1.165) is 31.5 Å². The molecule has 1 aliphatic rings. The fourth-order valence-electron chi connectivity index (χ4n) is 2.44. The highest BCUT2D eigenvalue weighted by atomic mass is 35.5. The lowest BCUT2D eigenvalue weighted by Gasteiger charge is -2.31. The van der Waals surface area contributed by atoms with Crippen molar-refractivity contribution in [3.05, 3.63) is 28.8 Å². The molecular weight excluding hydrogens is 278 g/mol. The van der Waals surface area contributed by atoms with Gasteiger partial charge < -0.3 is 14.7 Å². The monoisotopic (exact) mass is 297 g/mol. The Morgan fingerprint density at radius 3 is 2.70 bits per heavy atom. The Bertz CT molecular complexity index is 470. The van der Waals surface area contributed by atoms with E-state index in [9.17, 15) is 4.79 Å². The molecule has 1 aliphatic heterocycles. The Labute approximate surface area is 124 Å². The Morgan fingerprint density at radius 1 is 1.45 bits per heavy atom. The van der Waals surface area contributed by atoms with Crippen molar-refractivity contribution in [2.45, 2.75) is 19.3 Å². The molecule has 1 saturated heterocycles. The molecular formula is C15H20ClNO3. The number of hydrogen-bond donors (Lipinski definition) is 1. The molecule has 1 N–H and O–H groups in total. The Hall–Kier alpha value is -1.26. The average molecular weight is 298 g/mol. The molecule has 4 nitrogen and oxygen atoms in total. The average Bonchev–Trinajstić information content (AvgIpc) is 2.49. The zero-order chi connectivity index (χ0) is 14.5. The van der Waals surface area contributed by atoms with Gasteiger partial charge in [-0.1, -0.05) is 17.7 Å². The second kappa shape index (κ2) is 6.95. The van der Waals surface area contributed by atoms with E-state index in [1.807, 2.05) is 17.0 Å². The molecule has 0 bridgehead atoms. The van der Waals surface area contributed by atoms with Gasteiger partial charge in [0, 0.05) is 24.7 Å². The van der Waals surface area contributed by atoms with Crippen LogP contribution in [0.1, 0.15) is 18.4 Å². The third-order valence-corrected chi connectivity index (χ3v) is 4.18. The Kier molecular flexibility index (Phi) is 5.26. The number of hydrogen-bond acceptors (Lipinski definition) is 3. The van der Waals surface area contributed by atoms with Crippen LogP contribution >= 0.6 is 11.6 Å². The maximum absolute atomic E-state index is 12.2. The summed E-state index contributed by atoms with van der Waals surface area (Å²) >= 11 is 6.15. The van der Waals surface area contributed by atoms with Gasteiger partial charge in [0.25, 0.3) is 0 Å². The Balaban J connectivity index is 1.95. The van der Waals surface area contributed by atoms with Gasteiger partial charge in [0.05, 0.1) is 13.5 Å². The second-order valence-corrected chi connectivity index (χ2v) is 5.55. The van der Waals surface area contributed by atoms with Crippen LogP contribution in [-0.2, 0) is 11.2 Å². The first-order valence-electron chi connectivity index (χ1n) is 6.85. The molecule has 2 rings (SSSR count). The van der Waals surface area contributed by atoms with Gasteiger partial charge >= 0.3 is 0 Å². The molecule has 0 unspecified atom stereocenters. The van der Waals surface area contributed by atoms with Crippen LogP contribution in [0, 0.1) is 5.92 Å². The van der Waals surface area contributed by atoms with E-state index >= 15 is 0 Å². The highest BCUT2D eigenvalue weighted by molar-refractivity contribution is 6.31. The molecule has 1 amide bonds. The van der Waals surface area contributed by atoms with E-state index in [1.165, 1.54) is 0 Å². The number of halogens is 1. The van der Waals surface area contributed by atoms with E-state index in [-0.39, 0.29) is 12.5 Å². The summed E-state index contributed by atoms with van der Waals surface area (Å²) in [5.74, 6) is 1.12. The molecule has 110 valence electrons. The minimum absolute atomic E-state index is 0.0912. The summed E-state index contributed by atoms with van der Waals surface area (Å²) < 4.78 is 5.09. The molecule has 1 aromatic rings. The summed E-state index contributed by atoms with van der Waals surface area (Å²) in [7, 11) is 1.59. The van der Waals surface area contributed by atoms with Crippen molar-refractivity contribution in [1.29, 1.82) is 0 Å². The quantitative estimate of drug-likeness (QED) is 0.926. The van der Waals surface area contributed by atoms with E-state index < -0.39 is 0 Å². The van der Waals surface area contributed by atoms with Crippen LogP contribution in [0.15, 0.2) is 18.2 Å². The number of aliphatic hydroxyl groups excluding tert-OH is 1. The summed E-state index contributed by atoms with van der Waals surface area (Å²) in [6.07, 6.45) is 2.06. The number of ether oxygens (including phenoxy) is 1. The first kappa shape index (κ1) is 15.1. The lowest BCUT2D eigenvalue weighted by atomic mass is 9.97. The van der Waals surface area contributed by atoms with Crippen LogP contribution in [-0.4, -0.2) is 42.7 Å². The van der Waals surface area contributed by atoms with E-state index in [1.54, 1.807) is 13.2 Å². The maximum atomic E-state index is 12.2. The van der Waals surface area contributed by atoms with Crippen molar-refractivity contribution in [3.8, 4) is 5.75 Å². The lowest BCUT2D eigenvalue weighted by Crippen LogP contribution is -2.40. The number of methoxy groups -OCH3 is 1. The van der Waals surface area contributed by atoms with Crippen LogP contribution < -0.4 is 4.74 Å². The fraction of sp³-hybridized carbons (Fsp3) is 0.533. The van der Waals surface area contributed by atoms with Crippen molar-refractivity contribution >= 4 is 17.5 Å². The first-order valence-corrected chi connectivity index (χ1v) is 7.23. The largest absolute Gasteiger partial charge is 0.497 e. The van der Waals surface area contributed by atoms with Crippen LogP contribution in [0.25, 0.3) is 0 Å². The fourth-order valence-corrected chi connectivity index (χ4v) is 2.68. The van der Waals surface area contributed by atoms with Gasteiger partial charge in [-0.2, -0.15) is 0 Å². The summed E-state index contributed by atoms with van der Waals surface area (Å²) in [6, 6.07) is 5.37. The predicted octanol–water partition coefficient (Wildman–Crippen LogP) is 2.12. The number of aliphatic hydroxyl groups is 1. The molecule has 1 fully saturated rings. The van der Waals surface area contributed by atoms with Gasteiger partial charge in [0.15, 0.2) is 0 Å². The zero-order valence-corrected chi connectivity index (χ0v) is 12.4. The van der Waals surface area contributed by atoms with Gasteiger partial charge in [-0.15, -0.1) is 0 Å². The molecule has 1 aromatic carbocycles. The highest BCUT2D eigenvalue weighted by Gasteiger charge is 2.22. The lowest BCUT2D eigenvalue weighted by molar-refractivity contribution is -0.132. The number of carbonyl (C=O) groups is 1. The number of nitrogens with zero attached hydrogens (tertiary/aromatic N) is 1. The molecule has 0 saturated carbocycles. The standard InChI is InChI=1S/C15H20ClNO3/c1-20-13-3-2-12(14(16)9-13)8-15(19)17-6-4-11(10-18)5-7-17/h2-3,9,11,18H,4-8,10H2,1H3. The number of likely N-dealkylation sites (tertiary alicyclic amines) is 1. The molecule has 0 spiro atoms. The topological polar surface area (TPSA) is 49.8 Å². The number of rotatable bonds is 4. The van der Waals surface area contributed by atoms with E-state index in [0.29, 0.717) is 23.1 Å². The SMILES string of the molecule is COc1ccc(CC(=O)N2CCC(CO)CC2)c(Cl)c1. The van der Waals surface area contributed by atoms with Crippen LogP contribution in [0.3, 0.4) is 0 Å². The summed E-state index contributed by atoms with van der Waals surface area (Å²) in [5.41, 5.74) is 0.821. The van der Waals surface area contributed by atoms with Gasteiger partial charge in [-0.3, -0.25) is 4.79 Å². The number of carbonyl (C=O) groups excluding carboxylic acids is 1. The van der Waals surface area contributed by atoms with Crippen molar-refractivity contribution in [2.75, 3.05) is 26.8 Å². The molecule has 0 aliphatic carbocycles. The van der Waals surface area contributed by atoms with Crippen molar-refractivity contribution < 1.29 is 14.6 Å². The van der Waals surface area contributed by atoms with E-state index in [4.69, 9.17) is 21.4 Å². The Morgan fingerprint density at radius 2 is 2.15 bits per heavy atom. The molecule has 0 aromatic heterocycles. The number of benzene rings is 1. The number of amides is 1. The summed E-state index contributed by atoms with van der Waals surface area (Å²) in [6.45, 7) is 1.65. The van der Waals surface area contributed by atoms with E-state index in [2.05, 4.69) is 0 Å². The zero-order valence-electron chi connectivity index (χ0n) is 11.6. The van der Waals surface area contributed by atoms with Crippen molar-refractivity contribution in [1.82, 2.24) is 4.90 Å². The molecule has 20 heavy (non-hydrogen) atoms. The van der Waals surface area contributed by atoms with Crippen molar-refractivity contribution in [2.24, 2.45) is 5.92 Å². The maximum Gasteiger partial charge on any atom is 0.227 e. The molecule has 1 heterocycles. The van der Waals surface area contributed by atoms with Gasteiger partial charge in [-0.05, 0) is 36.5 Å². The van der Waals surface area contributed by atoms with Crippen LogP contribution in [0.2, 0.25) is 5.02 Å². The van der Waals surface area contributed by atoms with Crippen LogP contribution in [0.5, 0.6) is 5.75 Å². The minimum Gasteiger partial charge on any atom is -0.497 e. The number of piperidine rings is 1. The minimum atomic E-state index is 0.0912. The summed E-state index contributed by atoms with van der Waals surface area (Å²) in [5, 5.41) is 9.66. The highest BCUT2D eigenvalue weighted by Crippen LogP contribution is 2.24. The van der Waals surface area contributed by atoms with Crippen molar-refractivity contribution in [3.63, 3.8) is 0 Å². The third-order valence-electron chi connectivity index (χ3n) is 3.83. The van der Waals surface area contributed by atoms with Crippen LogP contribution in [0.4, 0.5) is 0 Å². The predicted molar refractivity (Wildman–Crippen MR) is 78.1 cm³/mol. The third kappa shape index (κ3) is 3.64. The van der Waals surface area contributed by atoms with Gasteiger partial charge in [0.2, 0.25) is 5.91 Å². The first-order chi connectivity index (χ1) is 9.63. The smallest absolute Gasteiger partial charge is 0.227 e. The van der Waals surface area contributed by atoms with Gasteiger partial charge in [0.1, 0.15) is 5.75 Å². The summed E-state index contributed by atoms with van der Waals surface area (Å²) in [4.78, 5) is 14.1. The molecule has 5 heteroatoms.